The van der Waals surface area contributed by atoms with Crippen molar-refractivity contribution in [2.45, 2.75) is 6.92 Å². The Morgan fingerprint density at radius 1 is 1.62 bits per heavy atom. The molecule has 5 heteroatoms. The maximum atomic E-state index is 4.93. The van der Waals surface area contributed by atoms with E-state index in [0.717, 1.165) is 21.8 Å². The standard InChI is InChI=1S/C8H12IN3O/c1-6-11-5-7(9)8(12-6)10-3-4-13-2/h5H,3-4H2,1-2H3,(H,10,11,12). The molecule has 1 N–H and O–H groups in total. The molecular weight excluding hydrogens is 281 g/mol. The van der Waals surface area contributed by atoms with E-state index in [-0.39, 0.29) is 0 Å². The van der Waals surface area contributed by atoms with Gasteiger partial charge in [-0.2, -0.15) is 0 Å². The van der Waals surface area contributed by atoms with Crippen LogP contribution >= 0.6 is 22.6 Å². The van der Waals surface area contributed by atoms with Crippen LogP contribution in [0.1, 0.15) is 5.82 Å². The first-order valence-electron chi connectivity index (χ1n) is 3.96. The number of hydrogen-bond donors (Lipinski definition) is 1. The zero-order valence-electron chi connectivity index (χ0n) is 7.67. The van der Waals surface area contributed by atoms with Crippen LogP contribution in [-0.4, -0.2) is 30.2 Å². The predicted octanol–water partition coefficient (Wildman–Crippen LogP) is 1.45. The van der Waals surface area contributed by atoms with Crippen molar-refractivity contribution >= 4 is 28.4 Å². The Morgan fingerprint density at radius 2 is 2.38 bits per heavy atom. The molecule has 0 aliphatic carbocycles. The van der Waals surface area contributed by atoms with E-state index in [1.807, 2.05) is 6.92 Å². The highest BCUT2D eigenvalue weighted by molar-refractivity contribution is 14.1. The summed E-state index contributed by atoms with van der Waals surface area (Å²) in [4.78, 5) is 8.34. The zero-order valence-corrected chi connectivity index (χ0v) is 9.83. The topological polar surface area (TPSA) is 47.0 Å². The van der Waals surface area contributed by atoms with Crippen LogP contribution < -0.4 is 5.32 Å². The molecule has 0 aromatic carbocycles. The Balaban J connectivity index is 2.59. The first-order valence-corrected chi connectivity index (χ1v) is 5.04. The summed E-state index contributed by atoms with van der Waals surface area (Å²) in [6.45, 7) is 3.32. The van der Waals surface area contributed by atoms with Crippen LogP contribution in [0, 0.1) is 10.5 Å². The molecule has 1 aromatic heterocycles. The average molecular weight is 293 g/mol. The molecule has 4 nitrogen and oxygen atoms in total. The molecule has 0 amide bonds. The van der Waals surface area contributed by atoms with E-state index >= 15 is 0 Å². The summed E-state index contributed by atoms with van der Waals surface area (Å²) in [7, 11) is 1.68. The Hall–Kier alpha value is -0.430. The molecule has 0 aliphatic heterocycles. The molecule has 0 unspecified atom stereocenters. The van der Waals surface area contributed by atoms with Crippen LogP contribution in [0.4, 0.5) is 5.82 Å². The number of nitrogens with one attached hydrogen (secondary N) is 1. The smallest absolute Gasteiger partial charge is 0.143 e. The lowest BCUT2D eigenvalue weighted by atomic mass is 10.5. The minimum atomic E-state index is 0.680. The van der Waals surface area contributed by atoms with Crippen LogP contribution in [0.25, 0.3) is 0 Å². The number of ether oxygens (including phenoxy) is 1. The zero-order chi connectivity index (χ0) is 9.68. The van der Waals surface area contributed by atoms with Gasteiger partial charge in [0.05, 0.1) is 10.2 Å². The van der Waals surface area contributed by atoms with E-state index in [2.05, 4.69) is 37.9 Å². The van der Waals surface area contributed by atoms with Crippen LogP contribution in [0.3, 0.4) is 0 Å². The fourth-order valence-electron chi connectivity index (χ4n) is 0.851. The van der Waals surface area contributed by atoms with E-state index in [4.69, 9.17) is 4.74 Å². The number of methoxy groups -OCH3 is 1. The van der Waals surface area contributed by atoms with Gasteiger partial charge in [-0.15, -0.1) is 0 Å². The fraction of sp³-hybridized carbons (Fsp3) is 0.500. The average Bonchev–Trinajstić information content (AvgIpc) is 2.11. The van der Waals surface area contributed by atoms with Crippen LogP contribution in [0.5, 0.6) is 0 Å². The van der Waals surface area contributed by atoms with Crippen molar-refractivity contribution in [3.8, 4) is 0 Å². The molecule has 0 aliphatic rings. The molecule has 72 valence electrons. The molecule has 0 spiro atoms. The van der Waals surface area contributed by atoms with Gasteiger partial charge in [0, 0.05) is 19.9 Å². The highest BCUT2D eigenvalue weighted by Gasteiger charge is 2.00. The molecule has 1 aromatic rings. The minimum absolute atomic E-state index is 0.680. The lowest BCUT2D eigenvalue weighted by Crippen LogP contribution is -2.10. The molecule has 0 radical (unpaired) electrons. The number of halogens is 1. The van der Waals surface area contributed by atoms with Crippen LogP contribution in [-0.2, 0) is 4.74 Å². The van der Waals surface area contributed by atoms with Crippen molar-refractivity contribution in [1.29, 1.82) is 0 Å². The SMILES string of the molecule is COCCNc1nc(C)ncc1I. The van der Waals surface area contributed by atoms with Gasteiger partial charge in [0.2, 0.25) is 0 Å². The second-order valence-electron chi connectivity index (χ2n) is 2.53. The van der Waals surface area contributed by atoms with E-state index in [0.29, 0.717) is 6.61 Å². The molecule has 0 fully saturated rings. The summed E-state index contributed by atoms with van der Waals surface area (Å²) in [6, 6.07) is 0. The van der Waals surface area contributed by atoms with E-state index < -0.39 is 0 Å². The molecule has 1 rings (SSSR count). The Morgan fingerprint density at radius 3 is 3.08 bits per heavy atom. The number of nitrogens with zero attached hydrogens (tertiary/aromatic N) is 2. The van der Waals surface area contributed by atoms with Gasteiger partial charge < -0.3 is 10.1 Å². The Labute approximate surface area is 91.3 Å². The molecule has 13 heavy (non-hydrogen) atoms. The van der Waals surface area contributed by atoms with Gasteiger partial charge in [0.15, 0.2) is 0 Å². The molecule has 0 bridgehead atoms. The number of aromatic nitrogens is 2. The predicted molar refractivity (Wildman–Crippen MR) is 59.9 cm³/mol. The fourth-order valence-corrected chi connectivity index (χ4v) is 1.30. The van der Waals surface area contributed by atoms with E-state index in [1.165, 1.54) is 0 Å². The lowest BCUT2D eigenvalue weighted by Gasteiger charge is -2.06. The van der Waals surface area contributed by atoms with Crippen molar-refractivity contribution < 1.29 is 4.74 Å². The first-order chi connectivity index (χ1) is 6.24. The minimum Gasteiger partial charge on any atom is -0.383 e. The maximum Gasteiger partial charge on any atom is 0.143 e. The van der Waals surface area contributed by atoms with Crippen molar-refractivity contribution in [2.75, 3.05) is 25.6 Å². The van der Waals surface area contributed by atoms with E-state index in [9.17, 15) is 0 Å². The number of rotatable bonds is 4. The Bertz CT molecular complexity index is 280. The van der Waals surface area contributed by atoms with Crippen LogP contribution in [0.15, 0.2) is 6.20 Å². The molecule has 1 heterocycles. The van der Waals surface area contributed by atoms with Gasteiger partial charge >= 0.3 is 0 Å². The third-order valence-electron chi connectivity index (χ3n) is 1.46. The number of anilines is 1. The maximum absolute atomic E-state index is 4.93. The van der Waals surface area contributed by atoms with Gasteiger partial charge in [-0.3, -0.25) is 0 Å². The summed E-state index contributed by atoms with van der Waals surface area (Å²) >= 11 is 2.20. The quantitative estimate of drug-likeness (QED) is 0.674. The highest BCUT2D eigenvalue weighted by atomic mass is 127. The van der Waals surface area contributed by atoms with Gasteiger partial charge in [-0.1, -0.05) is 0 Å². The highest BCUT2D eigenvalue weighted by Crippen LogP contribution is 2.13. The number of hydrogen-bond acceptors (Lipinski definition) is 4. The van der Waals surface area contributed by atoms with Crippen molar-refractivity contribution in [3.63, 3.8) is 0 Å². The second-order valence-corrected chi connectivity index (χ2v) is 3.70. The first kappa shape index (κ1) is 10.6. The summed E-state index contributed by atoms with van der Waals surface area (Å²) in [6.07, 6.45) is 1.80. The van der Waals surface area contributed by atoms with Crippen molar-refractivity contribution in [2.24, 2.45) is 0 Å². The Kier molecular flexibility index (Phi) is 4.37. The summed E-state index contributed by atoms with van der Waals surface area (Å²) in [5, 5.41) is 3.17. The normalized spacial score (nSPS) is 10.1. The summed E-state index contributed by atoms with van der Waals surface area (Å²) < 4.78 is 5.95. The third kappa shape index (κ3) is 3.43. The summed E-state index contributed by atoms with van der Waals surface area (Å²) in [5.74, 6) is 1.66. The van der Waals surface area contributed by atoms with Gasteiger partial charge in [-0.05, 0) is 29.5 Å². The van der Waals surface area contributed by atoms with Crippen LogP contribution in [0.2, 0.25) is 0 Å². The van der Waals surface area contributed by atoms with Gasteiger partial charge in [-0.25, -0.2) is 9.97 Å². The molecule has 0 atom stereocenters. The molecule has 0 saturated carbocycles. The third-order valence-corrected chi connectivity index (χ3v) is 2.25. The van der Waals surface area contributed by atoms with Crippen molar-refractivity contribution in [3.05, 3.63) is 15.6 Å². The summed E-state index contributed by atoms with van der Waals surface area (Å²) in [5.41, 5.74) is 0. The van der Waals surface area contributed by atoms with E-state index in [1.54, 1.807) is 13.3 Å². The van der Waals surface area contributed by atoms with Gasteiger partial charge in [0.1, 0.15) is 11.6 Å². The lowest BCUT2D eigenvalue weighted by molar-refractivity contribution is 0.210. The molecular formula is C8H12IN3O. The molecule has 0 saturated heterocycles. The largest absolute Gasteiger partial charge is 0.383 e. The second kappa shape index (κ2) is 5.33. The van der Waals surface area contributed by atoms with Gasteiger partial charge in [0.25, 0.3) is 0 Å². The monoisotopic (exact) mass is 293 g/mol. The van der Waals surface area contributed by atoms with Crippen molar-refractivity contribution in [1.82, 2.24) is 9.97 Å². The number of aryl methyl sites for hydroxylation is 1.